The van der Waals surface area contributed by atoms with Gasteiger partial charge in [0.05, 0.1) is 0 Å². The smallest absolute Gasteiger partial charge is 0.0334 e. The van der Waals surface area contributed by atoms with Crippen molar-refractivity contribution in [3.05, 3.63) is 30.1 Å². The zero-order valence-electron chi connectivity index (χ0n) is 11.8. The molecule has 1 saturated heterocycles. The van der Waals surface area contributed by atoms with E-state index < -0.39 is 0 Å². The predicted octanol–water partition coefficient (Wildman–Crippen LogP) is 2.23. The van der Waals surface area contributed by atoms with Crippen LogP contribution in [0.25, 0.3) is 0 Å². The molecule has 0 radical (unpaired) electrons. The number of nitrogens with one attached hydrogen (secondary N) is 1. The van der Waals surface area contributed by atoms with Crippen LogP contribution in [0.2, 0.25) is 0 Å². The van der Waals surface area contributed by atoms with Crippen LogP contribution in [0.3, 0.4) is 0 Å². The highest BCUT2D eigenvalue weighted by Crippen LogP contribution is 2.34. The molecule has 2 fully saturated rings. The maximum Gasteiger partial charge on any atom is 0.0334 e. The molecule has 104 valence electrons. The van der Waals surface area contributed by atoms with Gasteiger partial charge in [-0.3, -0.25) is 9.88 Å². The van der Waals surface area contributed by atoms with Gasteiger partial charge >= 0.3 is 0 Å². The fourth-order valence-corrected chi connectivity index (χ4v) is 3.75. The molecule has 0 bridgehead atoms. The second-order valence-corrected chi connectivity index (χ2v) is 6.05. The Bertz CT molecular complexity index is 376. The van der Waals surface area contributed by atoms with Gasteiger partial charge in [0.25, 0.3) is 0 Å². The maximum absolute atomic E-state index is 4.10. The Morgan fingerprint density at radius 3 is 2.74 bits per heavy atom. The fraction of sp³-hybridized carbons (Fsp3) is 0.688. The van der Waals surface area contributed by atoms with Gasteiger partial charge in [-0.05, 0) is 37.0 Å². The van der Waals surface area contributed by atoms with Crippen LogP contribution in [-0.2, 0) is 6.42 Å². The maximum atomic E-state index is 4.10. The number of rotatable bonds is 3. The number of aromatic nitrogens is 1. The van der Waals surface area contributed by atoms with Crippen LogP contribution in [0.1, 0.15) is 37.7 Å². The molecule has 3 heteroatoms. The minimum atomic E-state index is 0.462. The van der Waals surface area contributed by atoms with Crippen LogP contribution in [0, 0.1) is 0 Å². The summed E-state index contributed by atoms with van der Waals surface area (Å²) in [5.74, 6) is 0. The van der Waals surface area contributed by atoms with E-state index in [9.17, 15) is 0 Å². The highest BCUT2D eigenvalue weighted by molar-refractivity contribution is 5.10. The number of nitrogens with zero attached hydrogens (tertiary/aromatic N) is 2. The first kappa shape index (κ1) is 13.1. The third-order valence-electron chi connectivity index (χ3n) is 4.89. The van der Waals surface area contributed by atoms with Crippen LogP contribution in [-0.4, -0.2) is 41.6 Å². The predicted molar refractivity (Wildman–Crippen MR) is 78.2 cm³/mol. The van der Waals surface area contributed by atoms with E-state index in [4.69, 9.17) is 0 Å². The number of hydrogen-bond acceptors (Lipinski definition) is 3. The quantitative estimate of drug-likeness (QED) is 0.902. The van der Waals surface area contributed by atoms with Crippen LogP contribution in [0.15, 0.2) is 24.5 Å². The van der Waals surface area contributed by atoms with Gasteiger partial charge in [-0.1, -0.05) is 19.3 Å². The summed E-state index contributed by atoms with van der Waals surface area (Å²) in [7, 11) is 0. The van der Waals surface area contributed by atoms with Gasteiger partial charge in [0, 0.05) is 44.1 Å². The third kappa shape index (κ3) is 2.98. The molecule has 0 atom stereocenters. The summed E-state index contributed by atoms with van der Waals surface area (Å²) in [6.07, 6.45) is 12.0. The number of piperazine rings is 1. The van der Waals surface area contributed by atoms with Gasteiger partial charge in [0.2, 0.25) is 0 Å². The monoisotopic (exact) mass is 259 g/mol. The molecule has 0 amide bonds. The normalized spacial score (nSPS) is 23.6. The first-order valence-corrected chi connectivity index (χ1v) is 7.74. The van der Waals surface area contributed by atoms with Crippen molar-refractivity contribution in [2.24, 2.45) is 0 Å². The Balaban J connectivity index is 1.64. The average Bonchev–Trinajstić information content (AvgIpc) is 2.48. The Hall–Kier alpha value is -0.930. The lowest BCUT2D eigenvalue weighted by Gasteiger charge is -2.50. The molecular weight excluding hydrogens is 234 g/mol. The molecule has 1 spiro atoms. The molecule has 1 aliphatic heterocycles. The van der Waals surface area contributed by atoms with E-state index in [2.05, 4.69) is 27.3 Å². The topological polar surface area (TPSA) is 28.2 Å². The standard InChI is InChI=1S/C16H25N3/c1-2-7-16(8-3-1)14-18-11-13-19(16)12-6-15-4-9-17-10-5-15/h4-5,9-10,18H,1-3,6-8,11-14H2. The van der Waals surface area contributed by atoms with Crippen molar-refractivity contribution in [1.82, 2.24) is 15.2 Å². The lowest BCUT2D eigenvalue weighted by molar-refractivity contribution is 0.0286. The number of pyridine rings is 1. The van der Waals surface area contributed by atoms with E-state index in [-0.39, 0.29) is 0 Å². The van der Waals surface area contributed by atoms with E-state index in [1.165, 1.54) is 57.3 Å². The van der Waals surface area contributed by atoms with Crippen molar-refractivity contribution < 1.29 is 0 Å². The zero-order valence-corrected chi connectivity index (χ0v) is 11.8. The van der Waals surface area contributed by atoms with Crippen molar-refractivity contribution in [1.29, 1.82) is 0 Å². The molecule has 1 saturated carbocycles. The second kappa shape index (κ2) is 6.02. The molecule has 3 rings (SSSR count). The summed E-state index contributed by atoms with van der Waals surface area (Å²) < 4.78 is 0. The molecule has 19 heavy (non-hydrogen) atoms. The lowest BCUT2D eigenvalue weighted by atomic mass is 9.79. The van der Waals surface area contributed by atoms with E-state index in [0.717, 1.165) is 13.0 Å². The van der Waals surface area contributed by atoms with Crippen molar-refractivity contribution in [3.8, 4) is 0 Å². The highest BCUT2D eigenvalue weighted by atomic mass is 15.3. The van der Waals surface area contributed by atoms with Crippen LogP contribution in [0.4, 0.5) is 0 Å². The third-order valence-corrected chi connectivity index (χ3v) is 4.89. The molecule has 3 nitrogen and oxygen atoms in total. The Morgan fingerprint density at radius 1 is 1.16 bits per heavy atom. The lowest BCUT2D eigenvalue weighted by Crippen LogP contribution is -2.62. The van der Waals surface area contributed by atoms with Crippen LogP contribution in [0.5, 0.6) is 0 Å². The summed E-state index contributed by atoms with van der Waals surface area (Å²) in [6.45, 7) is 4.76. The van der Waals surface area contributed by atoms with Gasteiger partial charge < -0.3 is 5.32 Å². The zero-order chi connectivity index (χ0) is 13.0. The summed E-state index contributed by atoms with van der Waals surface area (Å²) in [6, 6.07) is 4.30. The molecule has 2 aliphatic rings. The van der Waals surface area contributed by atoms with Gasteiger partial charge in [-0.25, -0.2) is 0 Å². The van der Waals surface area contributed by atoms with Gasteiger partial charge in [-0.2, -0.15) is 0 Å². The Labute approximate surface area is 116 Å². The van der Waals surface area contributed by atoms with Crippen molar-refractivity contribution in [2.75, 3.05) is 26.2 Å². The summed E-state index contributed by atoms with van der Waals surface area (Å²) in [4.78, 5) is 6.87. The largest absolute Gasteiger partial charge is 0.314 e. The minimum absolute atomic E-state index is 0.462. The van der Waals surface area contributed by atoms with Crippen molar-refractivity contribution in [2.45, 2.75) is 44.1 Å². The fourth-order valence-electron chi connectivity index (χ4n) is 3.75. The first-order chi connectivity index (χ1) is 9.39. The SMILES string of the molecule is c1cc(CCN2CCNCC23CCCCC3)ccn1. The first-order valence-electron chi connectivity index (χ1n) is 7.74. The molecular formula is C16H25N3. The van der Waals surface area contributed by atoms with Gasteiger partial charge in [0.15, 0.2) is 0 Å². The minimum Gasteiger partial charge on any atom is -0.314 e. The summed E-state index contributed by atoms with van der Waals surface area (Å²) in [5.41, 5.74) is 1.88. The highest BCUT2D eigenvalue weighted by Gasteiger charge is 2.39. The average molecular weight is 259 g/mol. The molecule has 0 unspecified atom stereocenters. The Morgan fingerprint density at radius 2 is 1.95 bits per heavy atom. The molecule has 1 aromatic rings. The molecule has 1 N–H and O–H groups in total. The summed E-state index contributed by atoms with van der Waals surface area (Å²) in [5, 5.41) is 3.62. The van der Waals surface area contributed by atoms with Crippen LogP contribution >= 0.6 is 0 Å². The van der Waals surface area contributed by atoms with E-state index in [1.807, 2.05) is 12.4 Å². The van der Waals surface area contributed by atoms with Gasteiger partial charge in [0.1, 0.15) is 0 Å². The van der Waals surface area contributed by atoms with E-state index >= 15 is 0 Å². The van der Waals surface area contributed by atoms with Crippen LogP contribution < -0.4 is 5.32 Å². The van der Waals surface area contributed by atoms with Crippen molar-refractivity contribution in [3.63, 3.8) is 0 Å². The molecule has 1 aliphatic carbocycles. The molecule has 2 heterocycles. The van der Waals surface area contributed by atoms with Crippen molar-refractivity contribution >= 4 is 0 Å². The summed E-state index contributed by atoms with van der Waals surface area (Å²) >= 11 is 0. The van der Waals surface area contributed by atoms with E-state index in [1.54, 1.807) is 0 Å². The molecule has 1 aromatic heterocycles. The second-order valence-electron chi connectivity index (χ2n) is 6.05. The Kier molecular flexibility index (Phi) is 4.14. The van der Waals surface area contributed by atoms with E-state index in [0.29, 0.717) is 5.54 Å². The van der Waals surface area contributed by atoms with Gasteiger partial charge in [-0.15, -0.1) is 0 Å². The molecule has 0 aromatic carbocycles. The number of hydrogen-bond donors (Lipinski definition) is 1.